The predicted octanol–water partition coefficient (Wildman–Crippen LogP) is 6.33. The first-order valence-corrected chi connectivity index (χ1v) is 13.0. The van der Waals surface area contributed by atoms with Gasteiger partial charge in [0.1, 0.15) is 11.4 Å². The molecule has 1 heterocycles. The molecule has 0 unspecified atom stereocenters. The molecule has 1 saturated heterocycles. The van der Waals surface area contributed by atoms with Gasteiger partial charge < -0.3 is 24.6 Å². The Labute approximate surface area is 219 Å². The molecule has 0 radical (unpaired) electrons. The Bertz CT molecular complexity index is 1190. The van der Waals surface area contributed by atoms with Crippen molar-refractivity contribution in [3.05, 3.63) is 72.3 Å². The number of urea groups is 1. The van der Waals surface area contributed by atoms with Gasteiger partial charge in [-0.1, -0.05) is 48.5 Å². The molecule has 3 amide bonds. The van der Waals surface area contributed by atoms with Crippen LogP contribution in [0.15, 0.2) is 66.7 Å². The number of aryl methyl sites for hydroxylation is 1. The molecule has 37 heavy (non-hydrogen) atoms. The molecule has 0 spiro atoms. The zero-order valence-electron chi connectivity index (χ0n) is 22.0. The highest BCUT2D eigenvalue weighted by atomic mass is 16.6. The summed E-state index contributed by atoms with van der Waals surface area (Å²) in [7, 11) is 0. The Morgan fingerprint density at radius 2 is 1.51 bits per heavy atom. The number of unbranched alkanes of at least 4 members (excludes halogenated alkanes) is 1. The molecule has 4 rings (SSSR count). The molecule has 1 N–H and O–H groups in total. The molecule has 0 aromatic heterocycles. The lowest BCUT2D eigenvalue weighted by molar-refractivity contribution is 0.0174. The zero-order valence-corrected chi connectivity index (χ0v) is 22.0. The molecule has 0 saturated carbocycles. The molecule has 7 nitrogen and oxygen atoms in total. The van der Waals surface area contributed by atoms with Crippen LogP contribution in [-0.4, -0.2) is 60.3 Å². The summed E-state index contributed by atoms with van der Waals surface area (Å²) in [6.07, 6.45) is 2.62. The molecule has 7 heteroatoms. The summed E-state index contributed by atoms with van der Waals surface area (Å²) in [6.45, 7) is 8.11. The third-order valence-corrected chi connectivity index (χ3v) is 6.29. The second kappa shape index (κ2) is 12.0. The summed E-state index contributed by atoms with van der Waals surface area (Å²) in [4.78, 5) is 28.3. The molecule has 3 aromatic rings. The highest BCUT2D eigenvalue weighted by molar-refractivity contribution is 5.89. The van der Waals surface area contributed by atoms with E-state index in [1.165, 1.54) is 10.9 Å². The minimum atomic E-state index is -0.525. The van der Waals surface area contributed by atoms with Crippen molar-refractivity contribution in [1.29, 1.82) is 0 Å². The highest BCUT2D eigenvalue weighted by Crippen LogP contribution is 2.25. The lowest BCUT2D eigenvalue weighted by atomic mass is 10.1. The number of amides is 3. The topological polar surface area (TPSA) is 71.1 Å². The number of anilines is 1. The van der Waals surface area contributed by atoms with Crippen molar-refractivity contribution in [2.75, 3.05) is 38.1 Å². The number of ether oxygens (including phenoxy) is 2. The van der Waals surface area contributed by atoms with Crippen LogP contribution < -0.4 is 10.1 Å². The van der Waals surface area contributed by atoms with Crippen molar-refractivity contribution in [2.24, 2.45) is 0 Å². The van der Waals surface area contributed by atoms with Gasteiger partial charge in [0.2, 0.25) is 0 Å². The molecule has 196 valence electrons. The number of carbonyl (C=O) groups excluding carboxylic acids is 2. The Hall–Kier alpha value is -3.74. The van der Waals surface area contributed by atoms with E-state index in [0.29, 0.717) is 32.8 Å². The van der Waals surface area contributed by atoms with Gasteiger partial charge in [0.25, 0.3) is 0 Å². The van der Waals surface area contributed by atoms with Crippen molar-refractivity contribution in [3.63, 3.8) is 0 Å². The maximum absolute atomic E-state index is 12.7. The Balaban J connectivity index is 1.16. The highest BCUT2D eigenvalue weighted by Gasteiger charge is 2.27. The van der Waals surface area contributed by atoms with E-state index in [-0.39, 0.29) is 12.1 Å². The van der Waals surface area contributed by atoms with Gasteiger partial charge in [-0.3, -0.25) is 0 Å². The number of benzene rings is 3. The SMILES string of the molecule is CC(C)(C)OC(=O)N1CCN(C(=O)Nc2ccc(CCCCOc3cccc4ccccc34)cc2)CC1. The van der Waals surface area contributed by atoms with Crippen molar-refractivity contribution in [2.45, 2.75) is 45.6 Å². The predicted molar refractivity (Wildman–Crippen MR) is 147 cm³/mol. The maximum atomic E-state index is 12.7. The first-order chi connectivity index (χ1) is 17.8. The monoisotopic (exact) mass is 503 g/mol. The van der Waals surface area contributed by atoms with E-state index in [9.17, 15) is 9.59 Å². The first kappa shape index (κ1) is 26.3. The lowest BCUT2D eigenvalue weighted by Gasteiger charge is -2.35. The summed E-state index contributed by atoms with van der Waals surface area (Å²) in [6, 6.07) is 22.3. The fraction of sp³-hybridized carbons (Fsp3) is 0.400. The Kier molecular flexibility index (Phi) is 8.54. The average Bonchev–Trinajstić information content (AvgIpc) is 2.88. The summed E-state index contributed by atoms with van der Waals surface area (Å²) < 4.78 is 11.5. The zero-order chi connectivity index (χ0) is 26.3. The molecule has 1 fully saturated rings. The quantitative estimate of drug-likeness (QED) is 0.383. The van der Waals surface area contributed by atoms with Crippen LogP contribution in [0.4, 0.5) is 15.3 Å². The van der Waals surface area contributed by atoms with Crippen LogP contribution in [0, 0.1) is 0 Å². The van der Waals surface area contributed by atoms with E-state index in [2.05, 4.69) is 35.6 Å². The van der Waals surface area contributed by atoms with Crippen LogP contribution in [0.25, 0.3) is 10.8 Å². The van der Waals surface area contributed by atoms with Crippen LogP contribution in [0.3, 0.4) is 0 Å². The normalized spacial score (nSPS) is 13.9. The molecule has 0 aliphatic carbocycles. The number of nitrogens with one attached hydrogen (secondary N) is 1. The van der Waals surface area contributed by atoms with Gasteiger partial charge in [0.15, 0.2) is 0 Å². The number of hydrogen-bond donors (Lipinski definition) is 1. The van der Waals surface area contributed by atoms with Gasteiger partial charge in [-0.25, -0.2) is 9.59 Å². The standard InChI is InChI=1S/C30H37N3O4/c1-30(2,3)37-29(35)33-20-18-32(19-21-33)28(34)31-25-16-14-23(15-17-25)9-6-7-22-36-27-13-8-11-24-10-4-5-12-26(24)27/h4-5,8,10-17H,6-7,9,18-22H2,1-3H3,(H,31,34). The van der Waals surface area contributed by atoms with E-state index in [0.717, 1.165) is 36.1 Å². The molecule has 0 atom stereocenters. The molecular formula is C30H37N3O4. The van der Waals surface area contributed by atoms with Gasteiger partial charge in [0.05, 0.1) is 6.61 Å². The van der Waals surface area contributed by atoms with Crippen LogP contribution in [-0.2, 0) is 11.2 Å². The van der Waals surface area contributed by atoms with Gasteiger partial charge in [-0.05, 0) is 69.2 Å². The molecule has 1 aliphatic rings. The van der Waals surface area contributed by atoms with Crippen molar-refractivity contribution < 1.29 is 19.1 Å². The van der Waals surface area contributed by atoms with Gasteiger partial charge >= 0.3 is 12.1 Å². The molecule has 0 bridgehead atoms. The Morgan fingerprint density at radius 3 is 2.24 bits per heavy atom. The van der Waals surface area contributed by atoms with Crippen LogP contribution in [0.2, 0.25) is 0 Å². The van der Waals surface area contributed by atoms with Crippen LogP contribution in [0.5, 0.6) is 5.75 Å². The van der Waals surface area contributed by atoms with E-state index >= 15 is 0 Å². The second-order valence-corrected chi connectivity index (χ2v) is 10.4. The van der Waals surface area contributed by atoms with Crippen molar-refractivity contribution >= 4 is 28.6 Å². The average molecular weight is 504 g/mol. The van der Waals surface area contributed by atoms with E-state index in [1.807, 2.05) is 57.2 Å². The second-order valence-electron chi connectivity index (χ2n) is 10.4. The minimum Gasteiger partial charge on any atom is -0.493 e. The Morgan fingerprint density at radius 1 is 0.838 bits per heavy atom. The summed E-state index contributed by atoms with van der Waals surface area (Å²) in [5.74, 6) is 0.935. The van der Waals surface area contributed by atoms with Crippen LogP contribution in [0.1, 0.15) is 39.2 Å². The lowest BCUT2D eigenvalue weighted by Crippen LogP contribution is -2.52. The minimum absolute atomic E-state index is 0.151. The summed E-state index contributed by atoms with van der Waals surface area (Å²) in [5, 5.41) is 5.30. The number of piperazine rings is 1. The van der Waals surface area contributed by atoms with Gasteiger partial charge in [-0.15, -0.1) is 0 Å². The largest absolute Gasteiger partial charge is 0.493 e. The van der Waals surface area contributed by atoms with Gasteiger partial charge in [-0.2, -0.15) is 0 Å². The molecular weight excluding hydrogens is 466 g/mol. The number of fused-ring (bicyclic) bond motifs is 1. The van der Waals surface area contributed by atoms with Crippen LogP contribution >= 0.6 is 0 Å². The molecule has 1 aliphatic heterocycles. The van der Waals surface area contributed by atoms with E-state index in [1.54, 1.807) is 9.80 Å². The summed E-state index contributed by atoms with van der Waals surface area (Å²) in [5.41, 5.74) is 1.47. The van der Waals surface area contributed by atoms with Crippen molar-refractivity contribution in [3.8, 4) is 5.75 Å². The number of rotatable bonds is 7. The third kappa shape index (κ3) is 7.62. The number of nitrogens with zero attached hydrogens (tertiary/aromatic N) is 2. The smallest absolute Gasteiger partial charge is 0.410 e. The first-order valence-electron chi connectivity index (χ1n) is 13.0. The third-order valence-electron chi connectivity index (χ3n) is 6.29. The molecule has 3 aromatic carbocycles. The fourth-order valence-corrected chi connectivity index (χ4v) is 4.31. The fourth-order valence-electron chi connectivity index (χ4n) is 4.31. The van der Waals surface area contributed by atoms with Gasteiger partial charge in [0, 0.05) is 37.3 Å². The number of hydrogen-bond acceptors (Lipinski definition) is 4. The van der Waals surface area contributed by atoms with E-state index in [4.69, 9.17) is 9.47 Å². The number of carbonyl (C=O) groups is 2. The van der Waals surface area contributed by atoms with E-state index < -0.39 is 5.60 Å². The maximum Gasteiger partial charge on any atom is 0.410 e. The van der Waals surface area contributed by atoms with Crippen molar-refractivity contribution in [1.82, 2.24) is 9.80 Å². The summed E-state index contributed by atoms with van der Waals surface area (Å²) >= 11 is 0.